The second-order valence-electron chi connectivity index (χ2n) is 6.88. The van der Waals surface area contributed by atoms with Gasteiger partial charge in [0, 0.05) is 18.3 Å². The van der Waals surface area contributed by atoms with E-state index in [-0.39, 0.29) is 17.2 Å². The van der Waals surface area contributed by atoms with Gasteiger partial charge in [-0.05, 0) is 26.0 Å². The zero-order valence-electron chi connectivity index (χ0n) is 15.4. The predicted octanol–water partition coefficient (Wildman–Crippen LogP) is 2.47. The van der Waals surface area contributed by atoms with Crippen LogP contribution in [0, 0.1) is 13.8 Å². The molecule has 1 saturated heterocycles. The number of nitrogens with zero attached hydrogens (tertiary/aromatic N) is 4. The van der Waals surface area contributed by atoms with E-state index >= 15 is 0 Å². The van der Waals surface area contributed by atoms with Crippen molar-refractivity contribution < 1.29 is 14.3 Å². The third kappa shape index (κ3) is 3.46. The number of rotatable bonds is 4. The summed E-state index contributed by atoms with van der Waals surface area (Å²) in [4.78, 5) is 14.7. The molecule has 0 aliphatic carbocycles. The summed E-state index contributed by atoms with van der Waals surface area (Å²) in [6, 6.07) is 8.17. The number of amides is 1. The van der Waals surface area contributed by atoms with Crippen LogP contribution >= 0.6 is 11.8 Å². The third-order valence-electron chi connectivity index (χ3n) is 4.92. The van der Waals surface area contributed by atoms with Crippen molar-refractivity contribution >= 4 is 17.7 Å². The number of benzene rings is 1. The van der Waals surface area contributed by atoms with E-state index in [1.165, 1.54) is 17.3 Å². The molecule has 8 heteroatoms. The second kappa shape index (κ2) is 7.36. The molecule has 27 heavy (non-hydrogen) atoms. The predicted molar refractivity (Wildman–Crippen MR) is 102 cm³/mol. The SMILES string of the molecule is Cc1ccc(-n2c(C)nnc2SCC(=O)N2C=COCCC23COC3)cc1. The Morgan fingerprint density at radius 1 is 1.22 bits per heavy atom. The highest BCUT2D eigenvalue weighted by molar-refractivity contribution is 7.99. The summed E-state index contributed by atoms with van der Waals surface area (Å²) in [5.41, 5.74) is 1.91. The fourth-order valence-electron chi connectivity index (χ4n) is 3.29. The van der Waals surface area contributed by atoms with Gasteiger partial charge in [0.05, 0.1) is 37.4 Å². The molecule has 0 bridgehead atoms. The van der Waals surface area contributed by atoms with Crippen molar-refractivity contribution in [3.8, 4) is 5.69 Å². The Kier molecular flexibility index (Phi) is 4.92. The Morgan fingerprint density at radius 3 is 2.70 bits per heavy atom. The molecule has 2 aliphatic rings. The average Bonchev–Trinajstić information content (AvgIpc) is 2.86. The quantitative estimate of drug-likeness (QED) is 0.752. The lowest BCUT2D eigenvalue weighted by Gasteiger charge is -2.47. The summed E-state index contributed by atoms with van der Waals surface area (Å²) >= 11 is 1.39. The molecule has 0 N–H and O–H groups in total. The first kappa shape index (κ1) is 18.1. The summed E-state index contributed by atoms with van der Waals surface area (Å²) in [5, 5.41) is 9.16. The van der Waals surface area contributed by atoms with Crippen molar-refractivity contribution in [2.24, 2.45) is 0 Å². The van der Waals surface area contributed by atoms with Crippen molar-refractivity contribution in [3.05, 3.63) is 48.1 Å². The highest BCUT2D eigenvalue weighted by atomic mass is 32.2. The maximum atomic E-state index is 12.9. The summed E-state index contributed by atoms with van der Waals surface area (Å²) < 4.78 is 12.8. The Balaban J connectivity index is 1.50. The van der Waals surface area contributed by atoms with Crippen LogP contribution < -0.4 is 0 Å². The largest absolute Gasteiger partial charge is 0.500 e. The van der Waals surface area contributed by atoms with Crippen LogP contribution in [0.15, 0.2) is 41.9 Å². The van der Waals surface area contributed by atoms with E-state index in [1.54, 1.807) is 17.4 Å². The number of hydrogen-bond donors (Lipinski definition) is 0. The molecule has 3 heterocycles. The lowest BCUT2D eigenvalue weighted by Crippen LogP contribution is -2.62. The topological polar surface area (TPSA) is 69.5 Å². The first-order valence-electron chi connectivity index (χ1n) is 8.89. The van der Waals surface area contributed by atoms with E-state index < -0.39 is 0 Å². The summed E-state index contributed by atoms with van der Waals surface area (Å²) in [5.74, 6) is 1.08. The number of aryl methyl sites for hydroxylation is 2. The van der Waals surface area contributed by atoms with Gasteiger partial charge in [-0.2, -0.15) is 0 Å². The van der Waals surface area contributed by atoms with E-state index in [9.17, 15) is 4.79 Å². The van der Waals surface area contributed by atoms with Crippen molar-refractivity contribution in [1.29, 1.82) is 0 Å². The number of thioether (sulfide) groups is 1. The zero-order valence-corrected chi connectivity index (χ0v) is 16.2. The Hall–Kier alpha value is -2.32. The van der Waals surface area contributed by atoms with Crippen LogP contribution in [0.4, 0.5) is 0 Å². The van der Waals surface area contributed by atoms with Crippen LogP contribution in [0.5, 0.6) is 0 Å². The Bertz CT molecular complexity index is 858. The monoisotopic (exact) mass is 386 g/mol. The first-order chi connectivity index (χ1) is 13.1. The minimum Gasteiger partial charge on any atom is -0.500 e. The number of carbonyl (C=O) groups excluding carboxylic acids is 1. The van der Waals surface area contributed by atoms with Gasteiger partial charge in [0.25, 0.3) is 0 Å². The molecule has 142 valence electrons. The van der Waals surface area contributed by atoms with E-state index in [0.717, 1.165) is 17.9 Å². The van der Waals surface area contributed by atoms with Crippen LogP contribution in [0.25, 0.3) is 5.69 Å². The third-order valence-corrected chi connectivity index (χ3v) is 5.84. The standard InChI is InChI=1S/C19H22N4O3S/c1-14-3-5-16(6-4-14)23-15(2)20-21-18(23)27-11-17(24)22-8-10-25-9-7-19(22)12-26-13-19/h3-6,8,10H,7,9,11-13H2,1-2H3. The molecule has 1 fully saturated rings. The molecule has 7 nitrogen and oxygen atoms in total. The number of aromatic nitrogens is 3. The van der Waals surface area contributed by atoms with Gasteiger partial charge in [-0.15, -0.1) is 10.2 Å². The van der Waals surface area contributed by atoms with Gasteiger partial charge in [0.15, 0.2) is 5.16 Å². The van der Waals surface area contributed by atoms with Crippen molar-refractivity contribution in [2.75, 3.05) is 25.6 Å². The van der Waals surface area contributed by atoms with Gasteiger partial charge in [-0.1, -0.05) is 29.5 Å². The smallest absolute Gasteiger partial charge is 0.237 e. The average molecular weight is 386 g/mol. The number of carbonyl (C=O) groups is 1. The minimum atomic E-state index is -0.273. The van der Waals surface area contributed by atoms with Crippen LogP contribution in [0.1, 0.15) is 17.8 Å². The van der Waals surface area contributed by atoms with Gasteiger partial charge < -0.3 is 14.4 Å². The molecule has 1 aromatic carbocycles. The van der Waals surface area contributed by atoms with Gasteiger partial charge in [-0.3, -0.25) is 9.36 Å². The number of ether oxygens (including phenoxy) is 2. The van der Waals surface area contributed by atoms with E-state index in [2.05, 4.69) is 29.3 Å². The van der Waals surface area contributed by atoms with Crippen LogP contribution in [0.3, 0.4) is 0 Å². The van der Waals surface area contributed by atoms with Crippen LogP contribution in [-0.4, -0.2) is 56.7 Å². The summed E-state index contributed by atoms with van der Waals surface area (Å²) in [6.07, 6.45) is 4.10. The molecular weight excluding hydrogens is 364 g/mol. The number of hydrogen-bond acceptors (Lipinski definition) is 6. The van der Waals surface area contributed by atoms with Crippen LogP contribution in [-0.2, 0) is 14.3 Å². The second-order valence-corrected chi connectivity index (χ2v) is 7.82. The van der Waals surface area contributed by atoms with Gasteiger partial charge in [-0.25, -0.2) is 0 Å². The van der Waals surface area contributed by atoms with Gasteiger partial charge in [0.2, 0.25) is 5.91 Å². The maximum absolute atomic E-state index is 12.9. The van der Waals surface area contributed by atoms with E-state index in [4.69, 9.17) is 9.47 Å². The fourth-order valence-corrected chi connectivity index (χ4v) is 4.15. The molecule has 1 amide bonds. The molecule has 0 unspecified atom stereocenters. The van der Waals surface area contributed by atoms with Crippen molar-refractivity contribution in [3.63, 3.8) is 0 Å². The summed E-state index contributed by atoms with van der Waals surface area (Å²) in [6.45, 7) is 5.66. The lowest BCUT2D eigenvalue weighted by atomic mass is 9.91. The first-order valence-corrected chi connectivity index (χ1v) is 9.88. The highest BCUT2D eigenvalue weighted by Gasteiger charge is 2.46. The normalized spacial score (nSPS) is 18.1. The van der Waals surface area contributed by atoms with E-state index in [0.29, 0.717) is 25.0 Å². The summed E-state index contributed by atoms with van der Waals surface area (Å²) in [7, 11) is 0. The molecule has 1 spiro atoms. The minimum absolute atomic E-state index is 0.0150. The van der Waals surface area contributed by atoms with Crippen molar-refractivity contribution in [1.82, 2.24) is 19.7 Å². The van der Waals surface area contributed by atoms with Crippen LogP contribution in [0.2, 0.25) is 0 Å². The molecular formula is C19H22N4O3S. The maximum Gasteiger partial charge on any atom is 0.237 e. The Labute approximate surface area is 162 Å². The van der Waals surface area contributed by atoms with Gasteiger partial charge >= 0.3 is 0 Å². The molecule has 0 radical (unpaired) electrons. The highest BCUT2D eigenvalue weighted by Crippen LogP contribution is 2.32. The molecule has 2 aromatic rings. The molecule has 1 aromatic heterocycles. The zero-order chi connectivity index (χ0) is 18.9. The molecule has 0 saturated carbocycles. The molecule has 2 aliphatic heterocycles. The molecule has 0 atom stereocenters. The molecule has 4 rings (SSSR count). The van der Waals surface area contributed by atoms with Gasteiger partial charge in [0.1, 0.15) is 5.82 Å². The van der Waals surface area contributed by atoms with E-state index in [1.807, 2.05) is 23.6 Å². The lowest BCUT2D eigenvalue weighted by molar-refractivity contribution is -0.157. The Morgan fingerprint density at radius 2 is 2.00 bits per heavy atom. The van der Waals surface area contributed by atoms with Crippen molar-refractivity contribution in [2.45, 2.75) is 31.0 Å². The fraction of sp³-hybridized carbons (Fsp3) is 0.421.